The molecule has 0 saturated carbocycles. The molecule has 0 aliphatic rings. The first-order valence-electron chi connectivity index (χ1n) is 2.91. The minimum absolute atomic E-state index is 1.06. The summed E-state index contributed by atoms with van der Waals surface area (Å²) in [6, 6.07) is 0. The van der Waals surface area contributed by atoms with Crippen LogP contribution >= 0.6 is 0 Å². The van der Waals surface area contributed by atoms with Crippen molar-refractivity contribution in [3.8, 4) is 0 Å². The van der Waals surface area contributed by atoms with Gasteiger partial charge in [-0.3, -0.25) is 0 Å². The Bertz CT molecular complexity index is 23.4. The van der Waals surface area contributed by atoms with Crippen LogP contribution in [0, 0.1) is 7.05 Å². The van der Waals surface area contributed by atoms with Gasteiger partial charge in [-0.05, 0) is 13.0 Å². The Morgan fingerprint density at radius 3 is 2.57 bits per heavy atom. The highest BCUT2D eigenvalue weighted by Gasteiger charge is 1.79. The largest absolute Gasteiger partial charge is 0.315 e. The van der Waals surface area contributed by atoms with Crippen molar-refractivity contribution in [1.82, 2.24) is 5.32 Å². The number of rotatable bonds is 4. The van der Waals surface area contributed by atoms with E-state index in [9.17, 15) is 0 Å². The second kappa shape index (κ2) is 5.96. The van der Waals surface area contributed by atoms with Crippen LogP contribution in [0.5, 0.6) is 0 Å². The molecule has 0 bridgehead atoms. The van der Waals surface area contributed by atoms with Gasteiger partial charge in [0, 0.05) is 7.05 Å². The summed E-state index contributed by atoms with van der Waals surface area (Å²) in [5, 5.41) is 2.85. The SMILES string of the molecule is [CH2]NCCCCC. The van der Waals surface area contributed by atoms with Gasteiger partial charge in [-0.2, -0.15) is 0 Å². The molecular weight excluding hydrogens is 86.1 g/mol. The van der Waals surface area contributed by atoms with Crippen molar-refractivity contribution in [2.24, 2.45) is 0 Å². The van der Waals surface area contributed by atoms with Gasteiger partial charge in [0.15, 0.2) is 0 Å². The average Bonchev–Trinajstić information content (AvgIpc) is 1.69. The summed E-state index contributed by atoms with van der Waals surface area (Å²) in [4.78, 5) is 0. The fourth-order valence-corrected chi connectivity index (χ4v) is 0.500. The molecule has 0 unspecified atom stereocenters. The van der Waals surface area contributed by atoms with E-state index in [0.29, 0.717) is 0 Å². The zero-order chi connectivity index (χ0) is 5.54. The van der Waals surface area contributed by atoms with E-state index >= 15 is 0 Å². The Hall–Kier alpha value is -0.0400. The Kier molecular flexibility index (Phi) is 5.93. The second-order valence-corrected chi connectivity index (χ2v) is 1.71. The highest BCUT2D eigenvalue weighted by atomic mass is 14.8. The van der Waals surface area contributed by atoms with E-state index in [1.54, 1.807) is 0 Å². The van der Waals surface area contributed by atoms with Crippen LogP contribution in [0.3, 0.4) is 0 Å². The van der Waals surface area contributed by atoms with Crippen molar-refractivity contribution in [2.75, 3.05) is 6.54 Å². The fourth-order valence-electron chi connectivity index (χ4n) is 0.500. The summed E-state index contributed by atoms with van der Waals surface area (Å²) in [5.41, 5.74) is 0. The second-order valence-electron chi connectivity index (χ2n) is 1.71. The zero-order valence-electron chi connectivity index (χ0n) is 5.04. The topological polar surface area (TPSA) is 12.0 Å². The van der Waals surface area contributed by atoms with E-state index in [0.717, 1.165) is 6.54 Å². The molecule has 0 spiro atoms. The molecule has 0 amide bonds. The van der Waals surface area contributed by atoms with E-state index in [4.69, 9.17) is 0 Å². The molecule has 1 radical (unpaired) electrons. The highest BCUT2D eigenvalue weighted by molar-refractivity contribution is 4.42. The van der Waals surface area contributed by atoms with Gasteiger partial charge in [0.1, 0.15) is 0 Å². The van der Waals surface area contributed by atoms with Crippen molar-refractivity contribution in [2.45, 2.75) is 26.2 Å². The molecule has 0 aromatic heterocycles. The molecule has 0 fully saturated rings. The normalized spacial score (nSPS) is 9.43. The minimum Gasteiger partial charge on any atom is -0.315 e. The third-order valence-corrected chi connectivity index (χ3v) is 0.957. The predicted octanol–water partition coefficient (Wildman–Crippen LogP) is 1.56. The van der Waals surface area contributed by atoms with Crippen LogP contribution in [-0.2, 0) is 0 Å². The lowest BCUT2D eigenvalue weighted by molar-refractivity contribution is 0.681. The quantitative estimate of drug-likeness (QED) is 0.529. The number of nitrogens with one attached hydrogen (secondary N) is 1. The first-order chi connectivity index (χ1) is 3.41. The molecule has 0 heterocycles. The molecule has 0 aliphatic heterocycles. The molecule has 43 valence electrons. The van der Waals surface area contributed by atoms with E-state index in [1.807, 2.05) is 0 Å². The van der Waals surface area contributed by atoms with Crippen molar-refractivity contribution in [3.05, 3.63) is 7.05 Å². The van der Waals surface area contributed by atoms with Crippen molar-refractivity contribution in [3.63, 3.8) is 0 Å². The number of hydrogen-bond donors (Lipinski definition) is 1. The van der Waals surface area contributed by atoms with Gasteiger partial charge in [-0.15, -0.1) is 0 Å². The third kappa shape index (κ3) is 5.96. The Morgan fingerprint density at radius 2 is 2.14 bits per heavy atom. The maximum Gasteiger partial charge on any atom is 0.00767 e. The lowest BCUT2D eigenvalue weighted by Crippen LogP contribution is -2.03. The van der Waals surface area contributed by atoms with Gasteiger partial charge < -0.3 is 5.32 Å². The molecule has 0 aromatic rings. The van der Waals surface area contributed by atoms with Crippen molar-refractivity contribution < 1.29 is 0 Å². The smallest absolute Gasteiger partial charge is 0.00767 e. The van der Waals surface area contributed by atoms with Gasteiger partial charge >= 0.3 is 0 Å². The molecule has 0 aromatic carbocycles. The molecular formula is C6H14N. The van der Waals surface area contributed by atoms with Crippen LogP contribution in [0.1, 0.15) is 26.2 Å². The highest BCUT2D eigenvalue weighted by Crippen LogP contribution is 1.89. The summed E-state index contributed by atoms with van der Waals surface area (Å²) >= 11 is 0. The summed E-state index contributed by atoms with van der Waals surface area (Å²) in [6.45, 7) is 3.26. The molecule has 0 aliphatic carbocycles. The lowest BCUT2D eigenvalue weighted by atomic mass is 10.2. The maximum absolute atomic E-state index is 3.51. The molecule has 0 saturated heterocycles. The van der Waals surface area contributed by atoms with Crippen molar-refractivity contribution in [1.29, 1.82) is 0 Å². The standard InChI is InChI=1S/C6H14N/c1-3-4-5-6-7-2/h7H,2-6H2,1H3. The van der Waals surface area contributed by atoms with Crippen LogP contribution in [0.25, 0.3) is 0 Å². The summed E-state index contributed by atoms with van der Waals surface area (Å²) in [6.07, 6.45) is 3.88. The monoisotopic (exact) mass is 100 g/mol. The molecule has 0 atom stereocenters. The Labute approximate surface area is 46.1 Å². The van der Waals surface area contributed by atoms with Gasteiger partial charge in [0.05, 0.1) is 0 Å². The Morgan fingerprint density at radius 1 is 1.43 bits per heavy atom. The zero-order valence-corrected chi connectivity index (χ0v) is 5.04. The first kappa shape index (κ1) is 6.96. The van der Waals surface area contributed by atoms with Crippen LogP contribution in [0.15, 0.2) is 0 Å². The third-order valence-electron chi connectivity index (χ3n) is 0.957. The minimum atomic E-state index is 1.06. The lowest BCUT2D eigenvalue weighted by Gasteiger charge is -1.92. The van der Waals surface area contributed by atoms with Crippen LogP contribution in [0.2, 0.25) is 0 Å². The summed E-state index contributed by atoms with van der Waals surface area (Å²) in [7, 11) is 3.51. The molecule has 1 nitrogen and oxygen atoms in total. The van der Waals surface area contributed by atoms with E-state index in [1.165, 1.54) is 19.3 Å². The van der Waals surface area contributed by atoms with Gasteiger partial charge in [0.25, 0.3) is 0 Å². The van der Waals surface area contributed by atoms with Crippen LogP contribution < -0.4 is 5.32 Å². The maximum atomic E-state index is 3.51. The molecule has 0 rings (SSSR count). The van der Waals surface area contributed by atoms with Crippen LogP contribution in [0.4, 0.5) is 0 Å². The van der Waals surface area contributed by atoms with Crippen molar-refractivity contribution >= 4 is 0 Å². The number of hydrogen-bond acceptors (Lipinski definition) is 1. The average molecular weight is 100 g/mol. The summed E-state index contributed by atoms with van der Waals surface area (Å²) < 4.78 is 0. The predicted molar refractivity (Wildman–Crippen MR) is 32.9 cm³/mol. The van der Waals surface area contributed by atoms with Gasteiger partial charge in [-0.1, -0.05) is 19.8 Å². The van der Waals surface area contributed by atoms with Crippen LogP contribution in [-0.4, -0.2) is 6.54 Å². The first-order valence-corrected chi connectivity index (χ1v) is 2.91. The number of unbranched alkanes of at least 4 members (excludes halogenated alkanes) is 2. The van der Waals surface area contributed by atoms with E-state index in [2.05, 4.69) is 19.3 Å². The molecule has 1 heteroatoms. The molecule has 7 heavy (non-hydrogen) atoms. The summed E-state index contributed by atoms with van der Waals surface area (Å²) in [5.74, 6) is 0. The fraction of sp³-hybridized carbons (Fsp3) is 0.833. The molecule has 1 N–H and O–H groups in total. The van der Waals surface area contributed by atoms with Gasteiger partial charge in [-0.25, -0.2) is 0 Å². The Balaban J connectivity index is 2.45. The van der Waals surface area contributed by atoms with E-state index in [-0.39, 0.29) is 0 Å². The van der Waals surface area contributed by atoms with E-state index < -0.39 is 0 Å². The van der Waals surface area contributed by atoms with Gasteiger partial charge in [0.2, 0.25) is 0 Å².